The number of carbonyl (C=O) groups excluding carboxylic acids is 1. The van der Waals surface area contributed by atoms with E-state index in [2.05, 4.69) is 22.4 Å². The molecule has 0 radical (unpaired) electrons. The Labute approximate surface area is 164 Å². The molecule has 0 saturated heterocycles. The standard InChI is InChI=1S/C20H18F3N3O3/c1-2-3-12-28-16-10-6-13(7-11-16)17(27)24-19-26-25-18(29-19)14-4-8-15(9-5-14)20(21,22)23/h4-11H,2-3,12H2,1H3,(H,24,26,27). The van der Waals surface area contributed by atoms with Gasteiger partial charge in [-0.05, 0) is 55.0 Å². The van der Waals surface area contributed by atoms with Gasteiger partial charge in [0.2, 0.25) is 5.89 Å². The number of nitrogens with one attached hydrogen (secondary N) is 1. The molecule has 0 bridgehead atoms. The molecule has 0 fully saturated rings. The largest absolute Gasteiger partial charge is 0.494 e. The van der Waals surface area contributed by atoms with Crippen molar-refractivity contribution in [3.63, 3.8) is 0 Å². The van der Waals surface area contributed by atoms with Crippen LogP contribution < -0.4 is 10.1 Å². The molecule has 0 aliphatic carbocycles. The average molecular weight is 405 g/mol. The van der Waals surface area contributed by atoms with E-state index in [4.69, 9.17) is 9.15 Å². The molecule has 1 aromatic heterocycles. The highest BCUT2D eigenvalue weighted by molar-refractivity contribution is 6.03. The lowest BCUT2D eigenvalue weighted by Gasteiger charge is -2.06. The number of ether oxygens (including phenoxy) is 1. The summed E-state index contributed by atoms with van der Waals surface area (Å²) < 4.78 is 48.7. The van der Waals surface area contributed by atoms with Crippen molar-refractivity contribution in [2.45, 2.75) is 25.9 Å². The van der Waals surface area contributed by atoms with Crippen LogP contribution in [0.3, 0.4) is 0 Å². The molecule has 6 nitrogen and oxygen atoms in total. The third-order valence-electron chi connectivity index (χ3n) is 3.99. The minimum atomic E-state index is -4.43. The summed E-state index contributed by atoms with van der Waals surface area (Å²) in [7, 11) is 0. The molecule has 0 atom stereocenters. The first-order valence-electron chi connectivity index (χ1n) is 8.92. The fourth-order valence-electron chi connectivity index (χ4n) is 2.40. The highest BCUT2D eigenvalue weighted by Crippen LogP contribution is 2.31. The van der Waals surface area contributed by atoms with Crippen LogP contribution in [-0.4, -0.2) is 22.7 Å². The predicted molar refractivity (Wildman–Crippen MR) is 99.5 cm³/mol. The van der Waals surface area contributed by atoms with E-state index in [1.165, 1.54) is 12.1 Å². The van der Waals surface area contributed by atoms with Crippen molar-refractivity contribution in [1.82, 2.24) is 10.2 Å². The fourth-order valence-corrected chi connectivity index (χ4v) is 2.40. The Bertz CT molecular complexity index is 952. The summed E-state index contributed by atoms with van der Waals surface area (Å²) in [6, 6.07) is 10.7. The fraction of sp³-hybridized carbons (Fsp3) is 0.250. The zero-order valence-corrected chi connectivity index (χ0v) is 15.5. The van der Waals surface area contributed by atoms with E-state index >= 15 is 0 Å². The number of amides is 1. The number of carbonyl (C=O) groups is 1. The van der Waals surface area contributed by atoms with Gasteiger partial charge in [-0.2, -0.15) is 13.2 Å². The van der Waals surface area contributed by atoms with E-state index in [-0.39, 0.29) is 11.9 Å². The Balaban J connectivity index is 1.63. The minimum absolute atomic E-state index is 0.00584. The van der Waals surface area contributed by atoms with Gasteiger partial charge >= 0.3 is 12.2 Å². The van der Waals surface area contributed by atoms with Gasteiger partial charge in [-0.3, -0.25) is 10.1 Å². The third kappa shape index (κ3) is 5.34. The van der Waals surface area contributed by atoms with E-state index in [0.29, 0.717) is 23.5 Å². The van der Waals surface area contributed by atoms with Crippen LogP contribution >= 0.6 is 0 Å². The number of unbranched alkanes of at least 4 members (excludes halogenated alkanes) is 1. The van der Waals surface area contributed by atoms with Crippen LogP contribution in [0.15, 0.2) is 52.9 Å². The molecule has 152 valence electrons. The topological polar surface area (TPSA) is 77.2 Å². The van der Waals surface area contributed by atoms with Crippen LogP contribution in [0.25, 0.3) is 11.5 Å². The van der Waals surface area contributed by atoms with Crippen molar-refractivity contribution in [3.05, 3.63) is 59.7 Å². The number of benzene rings is 2. The number of halogens is 3. The molecule has 1 amide bonds. The molecular formula is C20H18F3N3O3. The van der Waals surface area contributed by atoms with Crippen LogP contribution in [0, 0.1) is 0 Å². The number of anilines is 1. The summed E-state index contributed by atoms with van der Waals surface area (Å²) in [5, 5.41) is 9.91. The Kier molecular flexibility index (Phi) is 6.16. The monoisotopic (exact) mass is 405 g/mol. The van der Waals surface area contributed by atoms with E-state index in [1.54, 1.807) is 24.3 Å². The Morgan fingerprint density at radius 3 is 2.38 bits per heavy atom. The van der Waals surface area contributed by atoms with Crippen LogP contribution in [-0.2, 0) is 6.18 Å². The van der Waals surface area contributed by atoms with Gasteiger partial charge in [0.05, 0.1) is 12.2 Å². The lowest BCUT2D eigenvalue weighted by molar-refractivity contribution is -0.137. The van der Waals surface area contributed by atoms with Crippen LogP contribution in [0.2, 0.25) is 0 Å². The molecule has 1 N–H and O–H groups in total. The van der Waals surface area contributed by atoms with Crippen molar-refractivity contribution in [2.75, 3.05) is 11.9 Å². The molecule has 9 heteroatoms. The Morgan fingerprint density at radius 1 is 1.07 bits per heavy atom. The van der Waals surface area contributed by atoms with Gasteiger partial charge in [-0.25, -0.2) is 0 Å². The van der Waals surface area contributed by atoms with E-state index in [9.17, 15) is 18.0 Å². The second-order valence-electron chi connectivity index (χ2n) is 6.17. The van der Waals surface area contributed by atoms with Crippen molar-refractivity contribution in [1.29, 1.82) is 0 Å². The quantitative estimate of drug-likeness (QED) is 0.548. The average Bonchev–Trinajstić information content (AvgIpc) is 3.16. The zero-order chi connectivity index (χ0) is 20.9. The van der Waals surface area contributed by atoms with Gasteiger partial charge in [0, 0.05) is 11.1 Å². The third-order valence-corrected chi connectivity index (χ3v) is 3.99. The molecule has 0 saturated carbocycles. The molecule has 0 aliphatic heterocycles. The highest BCUT2D eigenvalue weighted by Gasteiger charge is 2.30. The molecule has 3 aromatic rings. The number of aromatic nitrogens is 2. The molecule has 29 heavy (non-hydrogen) atoms. The summed E-state index contributed by atoms with van der Waals surface area (Å²) in [5.74, 6) is 0.193. The van der Waals surface area contributed by atoms with Gasteiger partial charge in [0.1, 0.15) is 5.75 Å². The van der Waals surface area contributed by atoms with Crippen molar-refractivity contribution < 1.29 is 27.1 Å². The smallest absolute Gasteiger partial charge is 0.416 e. The predicted octanol–water partition coefficient (Wildman–Crippen LogP) is 5.19. The summed E-state index contributed by atoms with van der Waals surface area (Å²) in [5.41, 5.74) is -0.113. The minimum Gasteiger partial charge on any atom is -0.494 e. The summed E-state index contributed by atoms with van der Waals surface area (Å²) >= 11 is 0. The van der Waals surface area contributed by atoms with Gasteiger partial charge < -0.3 is 9.15 Å². The van der Waals surface area contributed by atoms with Crippen LogP contribution in [0.4, 0.5) is 19.2 Å². The summed E-state index contributed by atoms with van der Waals surface area (Å²) in [4.78, 5) is 12.3. The van der Waals surface area contributed by atoms with E-state index < -0.39 is 17.6 Å². The normalized spacial score (nSPS) is 11.3. The van der Waals surface area contributed by atoms with Crippen LogP contribution in [0.5, 0.6) is 5.75 Å². The molecule has 3 rings (SSSR count). The first kappa shape index (κ1) is 20.4. The maximum absolute atomic E-state index is 12.6. The Hall–Kier alpha value is -3.36. The number of nitrogens with zero attached hydrogens (tertiary/aromatic N) is 2. The Morgan fingerprint density at radius 2 is 1.76 bits per heavy atom. The van der Waals surface area contributed by atoms with E-state index in [0.717, 1.165) is 25.0 Å². The molecule has 0 aliphatic rings. The number of hydrogen-bond donors (Lipinski definition) is 1. The molecular weight excluding hydrogens is 387 g/mol. The molecule has 0 spiro atoms. The lowest BCUT2D eigenvalue weighted by atomic mass is 10.1. The van der Waals surface area contributed by atoms with Crippen molar-refractivity contribution >= 4 is 11.9 Å². The van der Waals surface area contributed by atoms with Gasteiger partial charge in [-0.15, -0.1) is 5.10 Å². The first-order chi connectivity index (χ1) is 13.9. The van der Waals surface area contributed by atoms with Crippen molar-refractivity contribution in [3.8, 4) is 17.2 Å². The second-order valence-corrected chi connectivity index (χ2v) is 6.17. The summed E-state index contributed by atoms with van der Waals surface area (Å²) in [6.07, 6.45) is -2.46. The zero-order valence-electron chi connectivity index (χ0n) is 15.5. The van der Waals surface area contributed by atoms with Gasteiger partial charge in [0.25, 0.3) is 5.91 Å². The van der Waals surface area contributed by atoms with Crippen molar-refractivity contribution in [2.24, 2.45) is 0 Å². The number of alkyl halides is 3. The summed E-state index contributed by atoms with van der Waals surface area (Å²) in [6.45, 7) is 2.67. The number of rotatable bonds is 7. The molecule has 1 heterocycles. The van der Waals surface area contributed by atoms with Crippen LogP contribution in [0.1, 0.15) is 35.7 Å². The SMILES string of the molecule is CCCCOc1ccc(C(=O)Nc2nnc(-c3ccc(C(F)(F)F)cc3)o2)cc1. The van der Waals surface area contributed by atoms with E-state index in [1.807, 2.05) is 0 Å². The van der Waals surface area contributed by atoms with Gasteiger partial charge in [-0.1, -0.05) is 18.4 Å². The maximum atomic E-state index is 12.6. The second kappa shape index (κ2) is 8.76. The molecule has 2 aromatic carbocycles. The lowest BCUT2D eigenvalue weighted by Crippen LogP contribution is -2.12. The number of hydrogen-bond acceptors (Lipinski definition) is 5. The first-order valence-corrected chi connectivity index (χ1v) is 8.92. The molecule has 0 unspecified atom stereocenters. The van der Waals surface area contributed by atoms with Gasteiger partial charge in [0.15, 0.2) is 0 Å². The highest BCUT2D eigenvalue weighted by atomic mass is 19.4. The maximum Gasteiger partial charge on any atom is 0.416 e.